The second-order valence-electron chi connectivity index (χ2n) is 6.09. The third-order valence-electron chi connectivity index (χ3n) is 3.32. The molecular weight excluding hydrogens is 250 g/mol. The van der Waals surface area contributed by atoms with E-state index in [2.05, 4.69) is 27.7 Å². The Kier molecular flexibility index (Phi) is 3.75. The Labute approximate surface area is 119 Å². The maximum Gasteiger partial charge on any atom is 0.294 e. The summed E-state index contributed by atoms with van der Waals surface area (Å²) in [5.41, 5.74) is 7.93. The van der Waals surface area contributed by atoms with Crippen LogP contribution in [0.2, 0.25) is 0 Å². The summed E-state index contributed by atoms with van der Waals surface area (Å²) in [7, 11) is 0. The number of rotatable bonds is 3. The van der Waals surface area contributed by atoms with E-state index in [1.807, 2.05) is 35.0 Å². The highest BCUT2D eigenvalue weighted by molar-refractivity contribution is 5.48. The quantitative estimate of drug-likeness (QED) is 0.934. The van der Waals surface area contributed by atoms with Crippen LogP contribution in [0.3, 0.4) is 0 Å². The van der Waals surface area contributed by atoms with Crippen molar-refractivity contribution in [1.82, 2.24) is 9.36 Å². The molecule has 1 aromatic heterocycles. The number of anilines is 1. The molecule has 0 fully saturated rings. The van der Waals surface area contributed by atoms with Gasteiger partial charge in [-0.3, -0.25) is 9.48 Å². The average Bonchev–Trinajstić information content (AvgIpc) is 2.63. The average molecular weight is 273 g/mol. The third kappa shape index (κ3) is 2.38. The molecule has 0 aliphatic carbocycles. The molecule has 0 radical (unpaired) electrons. The molecule has 2 rings (SSSR count). The van der Waals surface area contributed by atoms with Crippen LogP contribution in [0.25, 0.3) is 5.69 Å². The van der Waals surface area contributed by atoms with Gasteiger partial charge in [-0.25, -0.2) is 4.68 Å². The minimum Gasteiger partial charge on any atom is -0.393 e. The molecule has 0 unspecified atom stereocenters. The molecule has 0 amide bonds. The Balaban J connectivity index is 2.79. The molecule has 4 nitrogen and oxygen atoms in total. The smallest absolute Gasteiger partial charge is 0.294 e. The van der Waals surface area contributed by atoms with E-state index in [1.54, 1.807) is 4.68 Å². The fraction of sp³-hybridized carbons (Fsp3) is 0.438. The first-order chi connectivity index (χ1) is 9.38. The largest absolute Gasteiger partial charge is 0.393 e. The second-order valence-corrected chi connectivity index (χ2v) is 6.09. The van der Waals surface area contributed by atoms with Gasteiger partial charge in [0.2, 0.25) is 0 Å². The number of nitrogens with two attached hydrogens (primary N) is 1. The van der Waals surface area contributed by atoms with Crippen LogP contribution < -0.4 is 11.3 Å². The maximum absolute atomic E-state index is 12.5. The summed E-state index contributed by atoms with van der Waals surface area (Å²) in [6.07, 6.45) is 0.948. The fourth-order valence-electron chi connectivity index (χ4n) is 2.60. The topological polar surface area (TPSA) is 52.9 Å². The lowest BCUT2D eigenvalue weighted by molar-refractivity contribution is 0.452. The van der Waals surface area contributed by atoms with Gasteiger partial charge in [0.1, 0.15) is 5.69 Å². The molecule has 0 saturated heterocycles. The van der Waals surface area contributed by atoms with E-state index in [9.17, 15) is 4.79 Å². The molecule has 0 aliphatic heterocycles. The van der Waals surface area contributed by atoms with Crippen LogP contribution in [0.5, 0.6) is 0 Å². The minimum absolute atomic E-state index is 0.130. The molecule has 1 heterocycles. The van der Waals surface area contributed by atoms with Gasteiger partial charge in [-0.2, -0.15) is 0 Å². The molecular formula is C16H23N3O. The van der Waals surface area contributed by atoms with Crippen LogP contribution in [0.1, 0.15) is 39.8 Å². The highest BCUT2D eigenvalue weighted by Gasteiger charge is 2.27. The number of hydrogen-bond donors (Lipinski definition) is 1. The normalized spacial score (nSPS) is 11.8. The van der Waals surface area contributed by atoms with Gasteiger partial charge in [0.15, 0.2) is 0 Å². The molecule has 2 N–H and O–H groups in total. The van der Waals surface area contributed by atoms with Gasteiger partial charge >= 0.3 is 0 Å². The zero-order chi connectivity index (χ0) is 14.9. The lowest BCUT2D eigenvalue weighted by atomic mass is 9.91. The zero-order valence-electron chi connectivity index (χ0n) is 12.7. The van der Waals surface area contributed by atoms with Crippen molar-refractivity contribution in [3.8, 4) is 5.69 Å². The Morgan fingerprint density at radius 3 is 2.25 bits per heavy atom. The first kappa shape index (κ1) is 14.4. The Morgan fingerprint density at radius 1 is 1.15 bits per heavy atom. The Morgan fingerprint density at radius 2 is 1.75 bits per heavy atom. The van der Waals surface area contributed by atoms with E-state index in [0.717, 1.165) is 24.3 Å². The van der Waals surface area contributed by atoms with Gasteiger partial charge in [0.05, 0.1) is 11.4 Å². The van der Waals surface area contributed by atoms with E-state index in [4.69, 9.17) is 5.73 Å². The first-order valence-electron chi connectivity index (χ1n) is 7.05. The number of aromatic nitrogens is 2. The van der Waals surface area contributed by atoms with E-state index >= 15 is 0 Å². The monoisotopic (exact) mass is 273 g/mol. The van der Waals surface area contributed by atoms with Crippen LogP contribution in [0.4, 0.5) is 5.69 Å². The van der Waals surface area contributed by atoms with Crippen LogP contribution in [-0.4, -0.2) is 9.36 Å². The van der Waals surface area contributed by atoms with Gasteiger partial charge < -0.3 is 5.73 Å². The van der Waals surface area contributed by atoms with E-state index < -0.39 is 0 Å². The highest BCUT2D eigenvalue weighted by atomic mass is 16.1. The molecule has 1 aromatic carbocycles. The van der Waals surface area contributed by atoms with Crippen molar-refractivity contribution in [1.29, 1.82) is 0 Å². The second kappa shape index (κ2) is 5.19. The molecule has 2 aromatic rings. The number of hydrogen-bond acceptors (Lipinski definition) is 2. The first-order valence-corrected chi connectivity index (χ1v) is 7.05. The van der Waals surface area contributed by atoms with Crippen LogP contribution in [0.15, 0.2) is 35.1 Å². The van der Waals surface area contributed by atoms with Gasteiger partial charge in [0.25, 0.3) is 5.56 Å². The minimum atomic E-state index is -0.168. The number of nitrogen functional groups attached to an aromatic ring is 1. The van der Waals surface area contributed by atoms with Gasteiger partial charge in [-0.1, -0.05) is 45.9 Å². The lowest BCUT2D eigenvalue weighted by Crippen LogP contribution is -2.24. The summed E-state index contributed by atoms with van der Waals surface area (Å²) in [5, 5.41) is 0. The molecule has 0 aliphatic rings. The standard InChI is InChI=1S/C16H23N3O/c1-5-11-18-14(16(2,3)4)13(17)15(20)19(18)12-9-7-6-8-10-12/h6-10H,5,11,17H2,1-4H3. The van der Waals surface area contributed by atoms with Crippen molar-refractivity contribution in [3.05, 3.63) is 46.4 Å². The van der Waals surface area contributed by atoms with E-state index in [1.165, 1.54) is 0 Å². The van der Waals surface area contributed by atoms with Crippen molar-refractivity contribution >= 4 is 5.69 Å². The zero-order valence-corrected chi connectivity index (χ0v) is 12.7. The summed E-state index contributed by atoms with van der Waals surface area (Å²) in [5.74, 6) is 0. The summed E-state index contributed by atoms with van der Waals surface area (Å²) < 4.78 is 3.71. The molecule has 0 atom stereocenters. The predicted octanol–water partition coefficient (Wildman–Crippen LogP) is 2.93. The van der Waals surface area contributed by atoms with Crippen molar-refractivity contribution in [3.63, 3.8) is 0 Å². The SMILES string of the molecule is CCCn1c(C(C)(C)C)c(N)c(=O)n1-c1ccccc1. The molecule has 4 heteroatoms. The summed E-state index contributed by atoms with van der Waals surface area (Å²) in [6, 6.07) is 9.66. The van der Waals surface area contributed by atoms with E-state index in [-0.39, 0.29) is 11.0 Å². The van der Waals surface area contributed by atoms with Gasteiger partial charge in [0, 0.05) is 12.0 Å². The summed E-state index contributed by atoms with van der Waals surface area (Å²) in [6.45, 7) is 9.12. The molecule has 0 bridgehead atoms. The third-order valence-corrected chi connectivity index (χ3v) is 3.32. The maximum atomic E-state index is 12.5. The van der Waals surface area contributed by atoms with Gasteiger partial charge in [-0.05, 0) is 18.6 Å². The van der Waals surface area contributed by atoms with Crippen LogP contribution in [-0.2, 0) is 12.0 Å². The van der Waals surface area contributed by atoms with Crippen molar-refractivity contribution in [2.24, 2.45) is 0 Å². The summed E-state index contributed by atoms with van der Waals surface area (Å²) >= 11 is 0. The van der Waals surface area contributed by atoms with Crippen molar-refractivity contribution in [2.45, 2.75) is 46.1 Å². The Hall–Kier alpha value is -1.97. The number of nitrogens with zero attached hydrogens (tertiary/aromatic N) is 2. The van der Waals surface area contributed by atoms with Crippen molar-refractivity contribution in [2.75, 3.05) is 5.73 Å². The number of benzene rings is 1. The predicted molar refractivity (Wildman–Crippen MR) is 83.4 cm³/mol. The van der Waals surface area contributed by atoms with Gasteiger partial charge in [-0.15, -0.1) is 0 Å². The van der Waals surface area contributed by atoms with Crippen LogP contribution >= 0.6 is 0 Å². The number of para-hydroxylation sites is 1. The van der Waals surface area contributed by atoms with E-state index in [0.29, 0.717) is 5.69 Å². The van der Waals surface area contributed by atoms with Crippen LogP contribution in [0, 0.1) is 0 Å². The lowest BCUT2D eigenvalue weighted by Gasteiger charge is -2.23. The van der Waals surface area contributed by atoms with Crippen molar-refractivity contribution < 1.29 is 0 Å². The Bertz CT molecular complexity index is 645. The molecule has 0 saturated carbocycles. The summed E-state index contributed by atoms with van der Waals surface area (Å²) in [4.78, 5) is 12.5. The molecule has 0 spiro atoms. The molecule has 108 valence electrons. The highest BCUT2D eigenvalue weighted by Crippen LogP contribution is 2.27. The molecule has 20 heavy (non-hydrogen) atoms. The fourth-order valence-corrected chi connectivity index (χ4v) is 2.60.